The zero-order valence-electron chi connectivity index (χ0n) is 8.47. The van der Waals surface area contributed by atoms with Crippen LogP contribution in [0.5, 0.6) is 0 Å². The van der Waals surface area contributed by atoms with Crippen molar-refractivity contribution >= 4 is 0 Å². The topological polar surface area (TPSA) is 3.24 Å². The first kappa shape index (κ1) is 9.63. The number of unbranched alkanes of at least 4 members (excludes halogenated alkanes) is 1. The van der Waals surface area contributed by atoms with Crippen LogP contribution in [0.2, 0.25) is 0 Å². The molecule has 0 spiro atoms. The summed E-state index contributed by atoms with van der Waals surface area (Å²) in [6, 6.07) is 0. The van der Waals surface area contributed by atoms with Gasteiger partial charge in [-0.15, -0.1) is 0 Å². The van der Waals surface area contributed by atoms with Crippen molar-refractivity contribution in [2.75, 3.05) is 13.1 Å². The molecule has 0 N–H and O–H groups in total. The lowest BCUT2D eigenvalue weighted by Gasteiger charge is -2.12. The minimum atomic E-state index is 1.28. The van der Waals surface area contributed by atoms with E-state index in [1.165, 1.54) is 45.2 Å². The Morgan fingerprint density at radius 1 is 1.33 bits per heavy atom. The molecule has 0 aromatic heterocycles. The second kappa shape index (κ2) is 5.23. The summed E-state index contributed by atoms with van der Waals surface area (Å²) in [5, 5.41) is 0. The number of likely N-dealkylation sites (tertiary alicyclic amines) is 1. The summed E-state index contributed by atoms with van der Waals surface area (Å²) in [5.41, 5.74) is 1.55. The van der Waals surface area contributed by atoms with Crippen molar-refractivity contribution in [2.45, 2.75) is 46.0 Å². The van der Waals surface area contributed by atoms with Gasteiger partial charge in [0, 0.05) is 13.1 Å². The van der Waals surface area contributed by atoms with Crippen LogP contribution in [-0.2, 0) is 0 Å². The van der Waals surface area contributed by atoms with E-state index in [0.29, 0.717) is 0 Å². The van der Waals surface area contributed by atoms with Crippen LogP contribution >= 0.6 is 0 Å². The van der Waals surface area contributed by atoms with Gasteiger partial charge in [0.15, 0.2) is 0 Å². The Kier molecular flexibility index (Phi) is 4.20. The molecule has 70 valence electrons. The van der Waals surface area contributed by atoms with Gasteiger partial charge in [-0.3, -0.25) is 0 Å². The van der Waals surface area contributed by atoms with Crippen LogP contribution in [-0.4, -0.2) is 18.0 Å². The van der Waals surface area contributed by atoms with Crippen molar-refractivity contribution in [3.05, 3.63) is 11.8 Å². The van der Waals surface area contributed by atoms with E-state index in [1.807, 2.05) is 0 Å². The first-order valence-electron chi connectivity index (χ1n) is 5.24. The van der Waals surface area contributed by atoms with Gasteiger partial charge in [0.2, 0.25) is 0 Å². The molecule has 1 aliphatic heterocycles. The first-order valence-corrected chi connectivity index (χ1v) is 5.24. The minimum absolute atomic E-state index is 1.28. The molecule has 1 aliphatic rings. The Morgan fingerprint density at radius 2 is 2.00 bits per heavy atom. The normalized spacial score (nSPS) is 18.8. The van der Waals surface area contributed by atoms with Crippen molar-refractivity contribution in [2.24, 2.45) is 0 Å². The highest BCUT2D eigenvalue weighted by Gasteiger charge is 2.06. The molecule has 1 nitrogen and oxygen atoms in total. The van der Waals surface area contributed by atoms with E-state index < -0.39 is 0 Å². The molecule has 0 saturated carbocycles. The smallest absolute Gasteiger partial charge is 0.0173 e. The van der Waals surface area contributed by atoms with Gasteiger partial charge in [0.25, 0.3) is 0 Å². The van der Waals surface area contributed by atoms with Crippen LogP contribution in [0.15, 0.2) is 11.8 Å². The SMILES string of the molecule is CCCC/C(C)=C/N1CCCC1. The van der Waals surface area contributed by atoms with Crippen molar-refractivity contribution in [1.29, 1.82) is 0 Å². The van der Waals surface area contributed by atoms with Crippen LogP contribution in [0.25, 0.3) is 0 Å². The molecule has 0 aromatic rings. The molecule has 0 bridgehead atoms. The maximum absolute atomic E-state index is 2.46. The fraction of sp³-hybridized carbons (Fsp3) is 0.818. The highest BCUT2D eigenvalue weighted by Crippen LogP contribution is 2.12. The van der Waals surface area contributed by atoms with Crippen LogP contribution in [0.1, 0.15) is 46.0 Å². The van der Waals surface area contributed by atoms with Gasteiger partial charge in [-0.25, -0.2) is 0 Å². The standard InChI is InChI=1S/C11H21N/c1-3-4-7-11(2)10-12-8-5-6-9-12/h10H,3-9H2,1-2H3/b11-10+. The van der Waals surface area contributed by atoms with Gasteiger partial charge in [0.05, 0.1) is 0 Å². The molecule has 0 atom stereocenters. The number of hydrogen-bond acceptors (Lipinski definition) is 1. The van der Waals surface area contributed by atoms with E-state index in [9.17, 15) is 0 Å². The van der Waals surface area contributed by atoms with Crippen molar-refractivity contribution in [3.63, 3.8) is 0 Å². The van der Waals surface area contributed by atoms with Gasteiger partial charge in [-0.05, 0) is 38.8 Å². The minimum Gasteiger partial charge on any atom is -0.377 e. The van der Waals surface area contributed by atoms with E-state index in [0.717, 1.165) is 0 Å². The molecular weight excluding hydrogens is 146 g/mol. The highest BCUT2D eigenvalue weighted by molar-refractivity contribution is 4.98. The zero-order valence-corrected chi connectivity index (χ0v) is 8.47. The Morgan fingerprint density at radius 3 is 2.58 bits per heavy atom. The summed E-state index contributed by atoms with van der Waals surface area (Å²) in [6.07, 6.45) is 9.08. The molecular formula is C11H21N. The van der Waals surface area contributed by atoms with Gasteiger partial charge in [0.1, 0.15) is 0 Å². The number of hydrogen-bond donors (Lipinski definition) is 0. The summed E-state index contributed by atoms with van der Waals surface area (Å²) < 4.78 is 0. The summed E-state index contributed by atoms with van der Waals surface area (Å²) >= 11 is 0. The third kappa shape index (κ3) is 3.29. The molecule has 1 rings (SSSR count). The lowest BCUT2D eigenvalue weighted by molar-refractivity contribution is 0.461. The fourth-order valence-electron chi connectivity index (χ4n) is 1.70. The molecule has 1 heteroatoms. The lowest BCUT2D eigenvalue weighted by atomic mass is 10.1. The number of allylic oxidation sites excluding steroid dienone is 1. The quantitative estimate of drug-likeness (QED) is 0.621. The van der Waals surface area contributed by atoms with Crippen LogP contribution in [0.4, 0.5) is 0 Å². The zero-order chi connectivity index (χ0) is 8.81. The molecule has 1 heterocycles. The Labute approximate surface area is 76.5 Å². The predicted octanol–water partition coefficient (Wildman–Crippen LogP) is 3.18. The largest absolute Gasteiger partial charge is 0.377 e. The molecule has 0 aliphatic carbocycles. The third-order valence-corrected chi connectivity index (χ3v) is 2.47. The molecule has 0 unspecified atom stereocenters. The highest BCUT2D eigenvalue weighted by atomic mass is 15.1. The maximum atomic E-state index is 2.46. The van der Waals surface area contributed by atoms with Crippen molar-refractivity contribution < 1.29 is 0 Å². The van der Waals surface area contributed by atoms with Gasteiger partial charge in [-0.1, -0.05) is 18.9 Å². The Balaban J connectivity index is 2.23. The Bertz CT molecular complexity index is 143. The van der Waals surface area contributed by atoms with Gasteiger partial charge >= 0.3 is 0 Å². The molecule has 12 heavy (non-hydrogen) atoms. The van der Waals surface area contributed by atoms with Crippen LogP contribution in [0, 0.1) is 0 Å². The van der Waals surface area contributed by atoms with E-state index in [4.69, 9.17) is 0 Å². The van der Waals surface area contributed by atoms with Crippen molar-refractivity contribution in [3.8, 4) is 0 Å². The molecule has 0 radical (unpaired) electrons. The third-order valence-electron chi connectivity index (χ3n) is 2.47. The second-order valence-corrected chi connectivity index (χ2v) is 3.82. The monoisotopic (exact) mass is 167 g/mol. The molecule has 0 amide bonds. The van der Waals surface area contributed by atoms with E-state index in [1.54, 1.807) is 5.57 Å². The van der Waals surface area contributed by atoms with E-state index in [-0.39, 0.29) is 0 Å². The number of rotatable bonds is 4. The number of nitrogens with zero attached hydrogens (tertiary/aromatic N) is 1. The van der Waals surface area contributed by atoms with E-state index in [2.05, 4.69) is 24.9 Å². The second-order valence-electron chi connectivity index (χ2n) is 3.82. The average Bonchev–Trinajstić information content (AvgIpc) is 2.53. The summed E-state index contributed by atoms with van der Waals surface area (Å²) in [7, 11) is 0. The summed E-state index contributed by atoms with van der Waals surface area (Å²) in [5.74, 6) is 0. The maximum Gasteiger partial charge on any atom is 0.0173 e. The molecule has 1 saturated heterocycles. The molecule has 0 aromatic carbocycles. The van der Waals surface area contributed by atoms with Crippen LogP contribution in [0.3, 0.4) is 0 Å². The van der Waals surface area contributed by atoms with Gasteiger partial charge in [-0.2, -0.15) is 0 Å². The van der Waals surface area contributed by atoms with Crippen LogP contribution < -0.4 is 0 Å². The lowest BCUT2D eigenvalue weighted by Crippen LogP contribution is -2.11. The first-order chi connectivity index (χ1) is 5.83. The summed E-state index contributed by atoms with van der Waals surface area (Å²) in [6.45, 7) is 7.07. The van der Waals surface area contributed by atoms with Gasteiger partial charge < -0.3 is 4.90 Å². The van der Waals surface area contributed by atoms with E-state index >= 15 is 0 Å². The average molecular weight is 167 g/mol. The fourth-order valence-corrected chi connectivity index (χ4v) is 1.70. The summed E-state index contributed by atoms with van der Waals surface area (Å²) in [4.78, 5) is 2.46. The Hall–Kier alpha value is -0.460. The predicted molar refractivity (Wildman–Crippen MR) is 54.1 cm³/mol. The van der Waals surface area contributed by atoms with Crippen molar-refractivity contribution in [1.82, 2.24) is 4.90 Å². The molecule has 1 fully saturated rings.